The molecule has 1 aromatic carbocycles. The number of ether oxygens (including phenoxy) is 2. The fourth-order valence-corrected chi connectivity index (χ4v) is 2.74. The lowest BCUT2D eigenvalue weighted by Crippen LogP contribution is -2.50. The normalized spacial score (nSPS) is 14.3. The van der Waals surface area contributed by atoms with Crippen LogP contribution < -0.4 is 9.47 Å². The van der Waals surface area contributed by atoms with E-state index in [1.807, 2.05) is 0 Å². The molecule has 3 rings (SSSR count). The van der Waals surface area contributed by atoms with Crippen LogP contribution in [0, 0.1) is 6.92 Å². The molecule has 0 saturated carbocycles. The first-order valence-corrected chi connectivity index (χ1v) is 8.13. The standard InChI is InChI=1S/C17H20N4O5/c1-11-18-19-15(26-11)17(23)21-6-4-20(5-7-21)16(22)12-8-13(24-2)10-14(9-12)25-3/h8-10H,4-7H2,1-3H3. The Balaban J connectivity index is 1.66. The van der Waals surface area contributed by atoms with Gasteiger partial charge in [0.05, 0.1) is 14.2 Å². The van der Waals surface area contributed by atoms with Gasteiger partial charge in [0.1, 0.15) is 11.5 Å². The average Bonchev–Trinajstić information content (AvgIpc) is 3.12. The van der Waals surface area contributed by atoms with Crippen LogP contribution in [0.2, 0.25) is 0 Å². The zero-order valence-electron chi connectivity index (χ0n) is 14.9. The van der Waals surface area contributed by atoms with Crippen LogP contribution >= 0.6 is 0 Å². The monoisotopic (exact) mass is 360 g/mol. The number of methoxy groups -OCH3 is 2. The highest BCUT2D eigenvalue weighted by molar-refractivity contribution is 5.95. The molecule has 1 aromatic heterocycles. The minimum absolute atomic E-state index is 0.0280. The third-order valence-corrected chi connectivity index (χ3v) is 4.16. The smallest absolute Gasteiger partial charge is 0.311 e. The Morgan fingerprint density at radius 1 is 0.923 bits per heavy atom. The van der Waals surface area contributed by atoms with Crippen LogP contribution in [0.4, 0.5) is 0 Å². The number of hydrogen-bond donors (Lipinski definition) is 0. The maximum Gasteiger partial charge on any atom is 0.311 e. The first kappa shape index (κ1) is 17.7. The highest BCUT2D eigenvalue weighted by Gasteiger charge is 2.28. The maximum atomic E-state index is 12.8. The number of aryl methyl sites for hydroxylation is 1. The van der Waals surface area contributed by atoms with Gasteiger partial charge in [0, 0.05) is 44.7 Å². The number of rotatable bonds is 4. The SMILES string of the molecule is COc1cc(OC)cc(C(=O)N2CCN(C(=O)c3nnc(C)o3)CC2)c1. The van der Waals surface area contributed by atoms with Crippen molar-refractivity contribution in [3.05, 3.63) is 35.5 Å². The molecule has 138 valence electrons. The molecule has 1 aliphatic heterocycles. The molecule has 0 radical (unpaired) electrons. The number of amides is 2. The lowest BCUT2D eigenvalue weighted by Gasteiger charge is -2.34. The molecule has 1 aliphatic rings. The van der Waals surface area contributed by atoms with Gasteiger partial charge >= 0.3 is 11.8 Å². The van der Waals surface area contributed by atoms with Crippen LogP contribution in [-0.2, 0) is 0 Å². The summed E-state index contributed by atoms with van der Waals surface area (Å²) in [5, 5.41) is 7.41. The fraction of sp³-hybridized carbons (Fsp3) is 0.412. The van der Waals surface area contributed by atoms with Gasteiger partial charge in [0.15, 0.2) is 0 Å². The Hall–Kier alpha value is -3.10. The lowest BCUT2D eigenvalue weighted by molar-refractivity contribution is 0.0512. The molecule has 9 nitrogen and oxygen atoms in total. The molecule has 2 aromatic rings. The number of carbonyl (C=O) groups is 2. The molecular weight excluding hydrogens is 340 g/mol. The summed E-state index contributed by atoms with van der Waals surface area (Å²) < 4.78 is 15.6. The van der Waals surface area contributed by atoms with Crippen LogP contribution in [0.15, 0.2) is 22.6 Å². The number of benzene rings is 1. The van der Waals surface area contributed by atoms with Crippen molar-refractivity contribution >= 4 is 11.8 Å². The highest BCUT2D eigenvalue weighted by Crippen LogP contribution is 2.24. The van der Waals surface area contributed by atoms with Crippen LogP contribution in [0.5, 0.6) is 11.5 Å². The summed E-state index contributed by atoms with van der Waals surface area (Å²) in [5.41, 5.74) is 0.480. The van der Waals surface area contributed by atoms with Gasteiger partial charge < -0.3 is 23.7 Å². The van der Waals surface area contributed by atoms with Crippen molar-refractivity contribution in [3.8, 4) is 11.5 Å². The third kappa shape index (κ3) is 3.61. The number of piperazine rings is 1. The molecule has 1 fully saturated rings. The van der Waals surface area contributed by atoms with E-state index >= 15 is 0 Å². The molecular formula is C17H20N4O5. The summed E-state index contributed by atoms with van der Waals surface area (Å²) in [6, 6.07) is 5.05. The van der Waals surface area contributed by atoms with E-state index in [4.69, 9.17) is 13.9 Å². The minimum Gasteiger partial charge on any atom is -0.497 e. The van der Waals surface area contributed by atoms with Crippen molar-refractivity contribution in [2.24, 2.45) is 0 Å². The van der Waals surface area contributed by atoms with Crippen LogP contribution in [0.1, 0.15) is 26.9 Å². The van der Waals surface area contributed by atoms with Gasteiger partial charge in [-0.3, -0.25) is 9.59 Å². The van der Waals surface area contributed by atoms with Gasteiger partial charge in [-0.2, -0.15) is 0 Å². The van der Waals surface area contributed by atoms with Crippen molar-refractivity contribution in [1.82, 2.24) is 20.0 Å². The Morgan fingerprint density at radius 2 is 1.46 bits per heavy atom. The summed E-state index contributed by atoms with van der Waals surface area (Å²) in [7, 11) is 3.07. The third-order valence-electron chi connectivity index (χ3n) is 4.16. The number of nitrogens with zero attached hydrogens (tertiary/aromatic N) is 4. The predicted molar refractivity (Wildman–Crippen MR) is 90.4 cm³/mol. The van der Waals surface area contributed by atoms with Gasteiger partial charge in [-0.1, -0.05) is 0 Å². The molecule has 2 heterocycles. The second-order valence-corrected chi connectivity index (χ2v) is 5.81. The minimum atomic E-state index is -0.319. The summed E-state index contributed by atoms with van der Waals surface area (Å²) in [6.45, 7) is 3.25. The van der Waals surface area contributed by atoms with Gasteiger partial charge in [-0.05, 0) is 12.1 Å². The number of carbonyl (C=O) groups excluding carboxylic acids is 2. The molecule has 26 heavy (non-hydrogen) atoms. The van der Waals surface area contributed by atoms with Crippen molar-refractivity contribution in [2.45, 2.75) is 6.92 Å². The molecule has 0 spiro atoms. The Bertz CT molecular complexity index is 789. The largest absolute Gasteiger partial charge is 0.497 e. The summed E-state index contributed by atoms with van der Waals surface area (Å²) in [5.74, 6) is 0.958. The van der Waals surface area contributed by atoms with Crippen molar-refractivity contribution in [3.63, 3.8) is 0 Å². The van der Waals surface area contributed by atoms with Gasteiger partial charge in [-0.15, -0.1) is 10.2 Å². The number of hydrogen-bond acceptors (Lipinski definition) is 7. The first-order valence-electron chi connectivity index (χ1n) is 8.13. The Morgan fingerprint density at radius 3 is 1.92 bits per heavy atom. The van der Waals surface area contributed by atoms with Gasteiger partial charge in [0.25, 0.3) is 5.91 Å². The average molecular weight is 360 g/mol. The maximum absolute atomic E-state index is 12.8. The lowest BCUT2D eigenvalue weighted by atomic mass is 10.1. The van der Waals surface area contributed by atoms with E-state index in [-0.39, 0.29) is 17.7 Å². The topological polar surface area (TPSA) is 98.0 Å². The zero-order chi connectivity index (χ0) is 18.7. The zero-order valence-corrected chi connectivity index (χ0v) is 14.9. The molecule has 0 aliphatic carbocycles. The van der Waals surface area contributed by atoms with E-state index in [2.05, 4.69) is 10.2 Å². The number of aromatic nitrogens is 2. The molecule has 0 atom stereocenters. The Labute approximate surface area is 150 Å². The molecule has 0 unspecified atom stereocenters. The predicted octanol–water partition coefficient (Wildman–Crippen LogP) is 0.993. The van der Waals surface area contributed by atoms with E-state index < -0.39 is 0 Å². The van der Waals surface area contributed by atoms with Crippen LogP contribution in [-0.4, -0.2) is 72.2 Å². The molecule has 2 amide bonds. The van der Waals surface area contributed by atoms with Gasteiger partial charge in [0.2, 0.25) is 5.89 Å². The first-order chi connectivity index (χ1) is 12.5. The van der Waals surface area contributed by atoms with E-state index in [1.165, 1.54) is 14.2 Å². The van der Waals surface area contributed by atoms with E-state index in [1.54, 1.807) is 34.9 Å². The quantitative estimate of drug-likeness (QED) is 0.802. The second kappa shape index (κ2) is 7.42. The Kier molecular flexibility index (Phi) is 5.06. The van der Waals surface area contributed by atoms with Crippen molar-refractivity contribution in [2.75, 3.05) is 40.4 Å². The summed E-state index contributed by atoms with van der Waals surface area (Å²) in [6.07, 6.45) is 0. The molecule has 0 bridgehead atoms. The van der Waals surface area contributed by atoms with E-state index in [0.29, 0.717) is 49.1 Å². The molecule has 9 heteroatoms. The second-order valence-electron chi connectivity index (χ2n) is 5.81. The van der Waals surface area contributed by atoms with Crippen molar-refractivity contribution in [1.29, 1.82) is 0 Å². The summed E-state index contributed by atoms with van der Waals surface area (Å²) >= 11 is 0. The van der Waals surface area contributed by atoms with Crippen molar-refractivity contribution < 1.29 is 23.5 Å². The molecule has 1 saturated heterocycles. The molecule has 0 N–H and O–H groups in total. The summed E-state index contributed by atoms with van der Waals surface area (Å²) in [4.78, 5) is 28.4. The van der Waals surface area contributed by atoms with E-state index in [0.717, 1.165) is 0 Å². The van der Waals surface area contributed by atoms with Crippen LogP contribution in [0.3, 0.4) is 0 Å². The highest BCUT2D eigenvalue weighted by atomic mass is 16.5. The fourth-order valence-electron chi connectivity index (χ4n) is 2.74. The van der Waals surface area contributed by atoms with Gasteiger partial charge in [-0.25, -0.2) is 0 Å². The van der Waals surface area contributed by atoms with Crippen LogP contribution in [0.25, 0.3) is 0 Å². The van der Waals surface area contributed by atoms with E-state index in [9.17, 15) is 9.59 Å².